The van der Waals surface area contributed by atoms with Crippen molar-refractivity contribution in [2.24, 2.45) is 5.92 Å². The average Bonchev–Trinajstić information content (AvgIpc) is 3.21. The van der Waals surface area contributed by atoms with E-state index in [1.807, 2.05) is 11.0 Å². The lowest BCUT2D eigenvalue weighted by molar-refractivity contribution is 0.0632. The molecule has 23 heavy (non-hydrogen) atoms. The fourth-order valence-corrected chi connectivity index (χ4v) is 3.41. The number of piperazine rings is 1. The first-order valence-corrected chi connectivity index (χ1v) is 8.14. The third kappa shape index (κ3) is 4.18. The second-order valence-electron chi connectivity index (χ2n) is 6.62. The van der Waals surface area contributed by atoms with Gasteiger partial charge in [0, 0.05) is 51.4 Å². The molecule has 1 N–H and O–H groups in total. The molecule has 0 atom stereocenters. The molecule has 1 saturated heterocycles. The number of fused-ring (bicyclic) bond motifs is 1. The van der Waals surface area contributed by atoms with Gasteiger partial charge in [0.2, 0.25) is 0 Å². The van der Waals surface area contributed by atoms with Crippen LogP contribution in [0.4, 0.5) is 0 Å². The number of nitrogens with one attached hydrogen (secondary N) is 1. The number of halogens is 2. The molecule has 1 amide bonds. The topological polar surface area (TPSA) is 35.6 Å². The molecule has 0 radical (unpaired) electrons. The van der Waals surface area contributed by atoms with Crippen molar-refractivity contribution in [2.45, 2.75) is 25.9 Å². The summed E-state index contributed by atoms with van der Waals surface area (Å²) in [6.07, 6.45) is 2.81. The van der Waals surface area contributed by atoms with Crippen molar-refractivity contribution in [2.75, 3.05) is 32.7 Å². The summed E-state index contributed by atoms with van der Waals surface area (Å²) in [6, 6.07) is 6.17. The zero-order chi connectivity index (χ0) is 14.2. The lowest BCUT2D eigenvalue weighted by atomic mass is 10.1. The third-order valence-electron chi connectivity index (χ3n) is 4.96. The highest BCUT2D eigenvalue weighted by Gasteiger charge is 2.28. The summed E-state index contributed by atoms with van der Waals surface area (Å²) in [7, 11) is 0. The quantitative estimate of drug-likeness (QED) is 0.901. The molecule has 2 aliphatic heterocycles. The number of hydrogen-bond acceptors (Lipinski definition) is 3. The molecule has 0 unspecified atom stereocenters. The molecule has 128 valence electrons. The second-order valence-corrected chi connectivity index (χ2v) is 6.62. The summed E-state index contributed by atoms with van der Waals surface area (Å²) >= 11 is 0. The lowest BCUT2D eigenvalue weighted by Gasteiger charge is -2.34. The van der Waals surface area contributed by atoms with E-state index in [2.05, 4.69) is 22.3 Å². The summed E-state index contributed by atoms with van der Waals surface area (Å²) < 4.78 is 0. The monoisotopic (exact) mass is 357 g/mol. The van der Waals surface area contributed by atoms with E-state index in [9.17, 15) is 4.79 Å². The summed E-state index contributed by atoms with van der Waals surface area (Å²) in [6.45, 7) is 6.90. The molecule has 6 heteroatoms. The Morgan fingerprint density at radius 1 is 1.04 bits per heavy atom. The first-order chi connectivity index (χ1) is 10.3. The smallest absolute Gasteiger partial charge is 0.253 e. The maximum absolute atomic E-state index is 12.6. The van der Waals surface area contributed by atoms with Gasteiger partial charge in [0.05, 0.1) is 0 Å². The average molecular weight is 358 g/mol. The number of hydrogen-bond donors (Lipinski definition) is 1. The first-order valence-electron chi connectivity index (χ1n) is 8.14. The van der Waals surface area contributed by atoms with Crippen molar-refractivity contribution in [1.29, 1.82) is 0 Å². The van der Waals surface area contributed by atoms with Crippen LogP contribution in [-0.4, -0.2) is 48.4 Å². The largest absolute Gasteiger partial charge is 0.336 e. The Labute approximate surface area is 150 Å². The van der Waals surface area contributed by atoms with E-state index in [0.29, 0.717) is 0 Å². The zero-order valence-corrected chi connectivity index (χ0v) is 14.9. The lowest BCUT2D eigenvalue weighted by Crippen LogP contribution is -2.49. The summed E-state index contributed by atoms with van der Waals surface area (Å²) in [5, 5.41) is 3.33. The molecule has 4 nitrogen and oxygen atoms in total. The van der Waals surface area contributed by atoms with Gasteiger partial charge in [0.15, 0.2) is 0 Å². The minimum atomic E-state index is 0. The van der Waals surface area contributed by atoms with Gasteiger partial charge in [0.1, 0.15) is 0 Å². The molecule has 0 bridgehead atoms. The predicted molar refractivity (Wildman–Crippen MR) is 96.5 cm³/mol. The second kappa shape index (κ2) is 7.84. The highest BCUT2D eigenvalue weighted by molar-refractivity contribution is 5.94. The van der Waals surface area contributed by atoms with E-state index in [-0.39, 0.29) is 30.7 Å². The predicted octanol–water partition coefficient (Wildman–Crippen LogP) is 2.30. The first kappa shape index (κ1) is 18.5. The molecule has 0 spiro atoms. The van der Waals surface area contributed by atoms with Crippen molar-refractivity contribution in [3.63, 3.8) is 0 Å². The van der Waals surface area contributed by atoms with Crippen LogP contribution >= 0.6 is 24.8 Å². The van der Waals surface area contributed by atoms with Crippen LogP contribution in [0.2, 0.25) is 0 Å². The molecule has 1 saturated carbocycles. The van der Waals surface area contributed by atoms with Gasteiger partial charge in [-0.15, -0.1) is 24.8 Å². The van der Waals surface area contributed by atoms with Crippen LogP contribution in [0.3, 0.4) is 0 Å². The Morgan fingerprint density at radius 2 is 1.74 bits per heavy atom. The molecule has 1 aromatic carbocycles. The van der Waals surface area contributed by atoms with Gasteiger partial charge in [-0.2, -0.15) is 0 Å². The van der Waals surface area contributed by atoms with Crippen LogP contribution in [0.15, 0.2) is 18.2 Å². The zero-order valence-electron chi connectivity index (χ0n) is 13.3. The molecule has 4 rings (SSSR count). The highest BCUT2D eigenvalue weighted by Crippen LogP contribution is 2.30. The molecular weight excluding hydrogens is 333 g/mol. The number of nitrogens with zero attached hydrogens (tertiary/aromatic N) is 2. The van der Waals surface area contributed by atoms with Gasteiger partial charge in [-0.3, -0.25) is 9.69 Å². The van der Waals surface area contributed by atoms with Crippen molar-refractivity contribution in [3.8, 4) is 0 Å². The van der Waals surface area contributed by atoms with E-state index >= 15 is 0 Å². The van der Waals surface area contributed by atoms with Crippen molar-refractivity contribution in [3.05, 3.63) is 34.9 Å². The minimum absolute atomic E-state index is 0. The Hall–Kier alpha value is -0.810. The van der Waals surface area contributed by atoms with Crippen molar-refractivity contribution < 1.29 is 4.79 Å². The van der Waals surface area contributed by atoms with Crippen LogP contribution in [0, 0.1) is 5.92 Å². The molecule has 0 aromatic heterocycles. The number of rotatable bonds is 3. The maximum Gasteiger partial charge on any atom is 0.253 e. The summed E-state index contributed by atoms with van der Waals surface area (Å²) in [4.78, 5) is 17.2. The maximum atomic E-state index is 12.6. The van der Waals surface area contributed by atoms with E-state index in [1.54, 1.807) is 0 Å². The Balaban J connectivity index is 0.000000960. The molecule has 1 aliphatic carbocycles. The van der Waals surface area contributed by atoms with Gasteiger partial charge in [0.25, 0.3) is 5.91 Å². The Morgan fingerprint density at radius 3 is 2.43 bits per heavy atom. The van der Waals surface area contributed by atoms with Crippen molar-refractivity contribution in [1.82, 2.24) is 15.1 Å². The number of amides is 1. The van der Waals surface area contributed by atoms with E-state index in [1.165, 1.54) is 30.5 Å². The van der Waals surface area contributed by atoms with Crippen molar-refractivity contribution >= 4 is 30.7 Å². The molecular formula is C17H25Cl2N3O. The van der Waals surface area contributed by atoms with E-state index in [0.717, 1.165) is 50.7 Å². The number of carbonyl (C=O) groups excluding carboxylic acids is 1. The van der Waals surface area contributed by atoms with Crippen LogP contribution < -0.4 is 5.32 Å². The fourth-order valence-electron chi connectivity index (χ4n) is 3.41. The molecule has 2 fully saturated rings. The normalized spacial score (nSPS) is 20.4. The standard InChI is InChI=1S/C17H23N3O.2ClH/c21-17(14-3-4-15-10-18-11-16(15)9-14)20-7-5-19(6-8-20)12-13-1-2-13;;/h3-4,9,13,18H,1-2,5-8,10-12H2;2*1H. The molecule has 1 aromatic rings. The van der Waals surface area contributed by atoms with Gasteiger partial charge >= 0.3 is 0 Å². The summed E-state index contributed by atoms with van der Waals surface area (Å²) in [5.41, 5.74) is 3.47. The number of benzene rings is 1. The van der Waals surface area contributed by atoms with E-state index < -0.39 is 0 Å². The van der Waals surface area contributed by atoms with Gasteiger partial charge in [-0.25, -0.2) is 0 Å². The summed E-state index contributed by atoms with van der Waals surface area (Å²) in [5.74, 6) is 1.15. The van der Waals surface area contributed by atoms with Gasteiger partial charge in [-0.05, 0) is 42.0 Å². The minimum Gasteiger partial charge on any atom is -0.336 e. The number of carbonyl (C=O) groups is 1. The van der Waals surface area contributed by atoms with Crippen LogP contribution in [0.5, 0.6) is 0 Å². The fraction of sp³-hybridized carbons (Fsp3) is 0.588. The van der Waals surface area contributed by atoms with Crippen LogP contribution in [-0.2, 0) is 13.1 Å². The SMILES string of the molecule is Cl.Cl.O=C(c1ccc2c(c1)CNC2)N1CCN(CC2CC2)CC1. The highest BCUT2D eigenvalue weighted by atomic mass is 35.5. The Kier molecular flexibility index (Phi) is 6.32. The van der Waals surface area contributed by atoms with Crippen LogP contribution in [0.1, 0.15) is 34.3 Å². The van der Waals surface area contributed by atoms with Crippen LogP contribution in [0.25, 0.3) is 0 Å². The van der Waals surface area contributed by atoms with Gasteiger partial charge < -0.3 is 10.2 Å². The Bertz CT molecular complexity index is 555. The molecule has 3 aliphatic rings. The molecule has 2 heterocycles. The van der Waals surface area contributed by atoms with Gasteiger partial charge in [-0.1, -0.05) is 6.07 Å². The van der Waals surface area contributed by atoms with E-state index in [4.69, 9.17) is 0 Å². The third-order valence-corrected chi connectivity index (χ3v) is 4.96.